The Bertz CT molecular complexity index is 387. The van der Waals surface area contributed by atoms with Gasteiger partial charge in [0.1, 0.15) is 0 Å². The number of rotatable bonds is 4. The van der Waals surface area contributed by atoms with Crippen LogP contribution in [-0.4, -0.2) is 29.1 Å². The third-order valence-corrected chi connectivity index (χ3v) is 3.90. The Morgan fingerprint density at radius 1 is 1.29 bits per heavy atom. The molecule has 0 spiro atoms. The Morgan fingerprint density at radius 2 is 1.82 bits per heavy atom. The van der Waals surface area contributed by atoms with Crippen LogP contribution in [0.5, 0.6) is 5.75 Å². The Balaban J connectivity index is 0. The summed E-state index contributed by atoms with van der Waals surface area (Å²) in [7, 11) is -4.13. The van der Waals surface area contributed by atoms with Crippen LogP contribution >= 0.6 is 7.37 Å². The summed E-state index contributed by atoms with van der Waals surface area (Å²) in [4.78, 5) is 11.6. The van der Waals surface area contributed by atoms with Crippen molar-refractivity contribution in [2.24, 2.45) is 0 Å². The van der Waals surface area contributed by atoms with Gasteiger partial charge in [0.2, 0.25) is 0 Å². The van der Waals surface area contributed by atoms with E-state index in [4.69, 9.17) is 10.2 Å². The molecule has 0 radical (unpaired) electrons. The topological polar surface area (TPSA) is 104 Å². The van der Waals surface area contributed by atoms with E-state index in [0.717, 1.165) is 6.07 Å². The fraction of sp³-hybridized carbons (Fsp3) is 0.333. The van der Waals surface area contributed by atoms with E-state index in [1.165, 1.54) is 18.2 Å². The van der Waals surface area contributed by atoms with Crippen LogP contribution < -0.4 is 74.4 Å². The number of hydrogen-bond acceptors (Lipinski definition) is 5. The fourth-order valence-electron chi connectivity index (χ4n) is 1.17. The first-order valence-electron chi connectivity index (χ1n) is 4.33. The summed E-state index contributed by atoms with van der Waals surface area (Å²) in [5.41, 5.74) is 0. The average Bonchev–Trinajstić information content (AvgIpc) is 2.17. The predicted molar refractivity (Wildman–Crippen MR) is 51.1 cm³/mol. The van der Waals surface area contributed by atoms with Gasteiger partial charge in [0.25, 0.3) is 0 Å². The van der Waals surface area contributed by atoms with Crippen LogP contribution in [0.3, 0.4) is 0 Å². The molecular formula is C9H11Na2O5P. The van der Waals surface area contributed by atoms with Crippen molar-refractivity contribution in [3.8, 4) is 5.75 Å². The summed E-state index contributed by atoms with van der Waals surface area (Å²) in [5, 5.41) is 28.4. The van der Waals surface area contributed by atoms with Crippen molar-refractivity contribution >= 4 is 12.7 Å². The summed E-state index contributed by atoms with van der Waals surface area (Å²) in [6.45, 7) is -0.646. The second-order valence-electron chi connectivity index (χ2n) is 3.16. The van der Waals surface area contributed by atoms with Crippen LogP contribution in [0, 0.1) is 0 Å². The molecule has 0 fully saturated rings. The van der Waals surface area contributed by atoms with Gasteiger partial charge in [-0.2, -0.15) is 0 Å². The summed E-state index contributed by atoms with van der Waals surface area (Å²) >= 11 is 0. The molecule has 2 atom stereocenters. The first-order valence-corrected chi connectivity index (χ1v) is 6.14. The normalized spacial score (nSPS) is 15.0. The first-order chi connectivity index (χ1) is 6.97. The quantitative estimate of drug-likeness (QED) is 0.420. The molecule has 5 nitrogen and oxygen atoms in total. The Labute approximate surface area is 144 Å². The second-order valence-corrected chi connectivity index (χ2v) is 5.35. The van der Waals surface area contributed by atoms with Gasteiger partial charge in [-0.05, 0) is 5.30 Å². The van der Waals surface area contributed by atoms with E-state index < -0.39 is 32.0 Å². The maximum absolute atomic E-state index is 11.6. The van der Waals surface area contributed by atoms with Crippen molar-refractivity contribution in [3.05, 3.63) is 24.3 Å². The van der Waals surface area contributed by atoms with Crippen LogP contribution in [0.2, 0.25) is 0 Å². The monoisotopic (exact) mass is 276 g/mol. The average molecular weight is 276 g/mol. The molecule has 2 N–H and O–H groups in total. The van der Waals surface area contributed by atoms with E-state index in [-0.39, 0.29) is 64.4 Å². The van der Waals surface area contributed by atoms with Crippen molar-refractivity contribution < 1.29 is 83.9 Å². The van der Waals surface area contributed by atoms with Gasteiger partial charge in [0, 0.05) is 13.5 Å². The standard InChI is InChI=1S/C9H13O5P.2Na/c10-5-7(11)6-15(13,14)9-4-2-1-3-8(9)12;;/h1-4,7,10-12H,5-6H2,(H,13,14);;/q;2*+1/p-2. The van der Waals surface area contributed by atoms with Gasteiger partial charge in [-0.3, -0.25) is 0 Å². The van der Waals surface area contributed by atoms with Crippen LogP contribution in [0.4, 0.5) is 0 Å². The molecule has 8 heteroatoms. The van der Waals surface area contributed by atoms with Gasteiger partial charge in [-0.1, -0.05) is 30.0 Å². The Morgan fingerprint density at radius 3 is 2.29 bits per heavy atom. The minimum atomic E-state index is -4.13. The summed E-state index contributed by atoms with van der Waals surface area (Å²) in [6, 6.07) is 5.21. The summed E-state index contributed by atoms with van der Waals surface area (Å²) in [5.74, 6) is -0.596. The van der Waals surface area contributed by atoms with Crippen molar-refractivity contribution in [3.63, 3.8) is 0 Å². The number of aliphatic hydroxyl groups is 2. The minimum Gasteiger partial charge on any atom is -0.872 e. The molecule has 0 aliphatic rings. The van der Waals surface area contributed by atoms with E-state index >= 15 is 0 Å². The molecule has 17 heavy (non-hydrogen) atoms. The van der Waals surface area contributed by atoms with Crippen molar-refractivity contribution in [2.45, 2.75) is 6.10 Å². The van der Waals surface area contributed by atoms with E-state index in [2.05, 4.69) is 0 Å². The van der Waals surface area contributed by atoms with Gasteiger partial charge < -0.3 is 24.8 Å². The van der Waals surface area contributed by atoms with E-state index in [9.17, 15) is 14.6 Å². The first kappa shape index (κ1) is 20.4. The van der Waals surface area contributed by atoms with Crippen molar-refractivity contribution in [1.82, 2.24) is 0 Å². The fourth-order valence-corrected chi connectivity index (χ4v) is 2.76. The molecule has 1 rings (SSSR count). The smallest absolute Gasteiger partial charge is 0.872 e. The summed E-state index contributed by atoms with van der Waals surface area (Å²) in [6.07, 6.45) is -1.98. The minimum absolute atomic E-state index is 0. The molecule has 0 aliphatic carbocycles. The van der Waals surface area contributed by atoms with Gasteiger partial charge in [0.05, 0.1) is 12.7 Å². The molecular weight excluding hydrogens is 265 g/mol. The number of para-hydroxylation sites is 1. The third-order valence-electron chi connectivity index (χ3n) is 1.89. The van der Waals surface area contributed by atoms with E-state index in [1.54, 1.807) is 0 Å². The maximum atomic E-state index is 11.6. The Kier molecular flexibility index (Phi) is 10.9. The van der Waals surface area contributed by atoms with Crippen LogP contribution in [0.25, 0.3) is 0 Å². The molecule has 0 amide bonds. The number of hydrogen-bond donors (Lipinski definition) is 2. The zero-order chi connectivity index (χ0) is 11.5. The second kappa shape index (κ2) is 9.10. The Hall–Kier alpha value is 1.13. The molecule has 1 aromatic rings. The van der Waals surface area contributed by atoms with Crippen molar-refractivity contribution in [1.29, 1.82) is 0 Å². The zero-order valence-corrected chi connectivity index (χ0v) is 14.8. The molecule has 0 bridgehead atoms. The van der Waals surface area contributed by atoms with Gasteiger partial charge >= 0.3 is 59.1 Å². The molecule has 2 unspecified atom stereocenters. The van der Waals surface area contributed by atoms with Crippen molar-refractivity contribution in [2.75, 3.05) is 12.8 Å². The van der Waals surface area contributed by atoms with Crippen LogP contribution in [-0.2, 0) is 4.57 Å². The molecule has 0 saturated heterocycles. The maximum Gasteiger partial charge on any atom is 1.00 e. The van der Waals surface area contributed by atoms with Crippen LogP contribution in [0.15, 0.2) is 24.3 Å². The third kappa shape index (κ3) is 6.21. The van der Waals surface area contributed by atoms with Crippen LogP contribution in [0.1, 0.15) is 0 Å². The van der Waals surface area contributed by atoms with E-state index in [1.807, 2.05) is 0 Å². The van der Waals surface area contributed by atoms with Gasteiger partial charge in [-0.15, -0.1) is 0 Å². The predicted octanol–water partition coefficient (Wildman–Crippen LogP) is -7.61. The SMILES string of the molecule is O=P([O-])(CC(O)CO)c1ccccc1[O-].[Na+].[Na+]. The van der Waals surface area contributed by atoms with Gasteiger partial charge in [0.15, 0.2) is 0 Å². The molecule has 84 valence electrons. The zero-order valence-electron chi connectivity index (χ0n) is 9.87. The molecule has 0 heterocycles. The molecule has 0 aromatic heterocycles. The molecule has 1 aromatic carbocycles. The molecule has 0 saturated carbocycles. The van der Waals surface area contributed by atoms with Gasteiger partial charge in [-0.25, -0.2) is 0 Å². The van der Waals surface area contributed by atoms with E-state index in [0.29, 0.717) is 0 Å². The summed E-state index contributed by atoms with van der Waals surface area (Å²) < 4.78 is 11.6. The number of benzene rings is 1. The largest absolute Gasteiger partial charge is 1.00 e. The molecule has 0 aliphatic heterocycles. The number of aliphatic hydroxyl groups excluding tert-OH is 2.